The van der Waals surface area contributed by atoms with Gasteiger partial charge in [0.15, 0.2) is 6.10 Å². The molecule has 0 radical (unpaired) electrons. The molecule has 0 saturated heterocycles. The molecule has 0 spiro atoms. The van der Waals surface area contributed by atoms with Gasteiger partial charge in [0.1, 0.15) is 5.75 Å². The second kappa shape index (κ2) is 9.81. The molecule has 0 unspecified atom stereocenters. The zero-order valence-electron chi connectivity index (χ0n) is 17.6. The van der Waals surface area contributed by atoms with Crippen LogP contribution >= 0.6 is 23.2 Å². The van der Waals surface area contributed by atoms with Gasteiger partial charge >= 0.3 is 0 Å². The zero-order valence-corrected chi connectivity index (χ0v) is 20.0. The average molecular weight is 493 g/mol. The van der Waals surface area contributed by atoms with E-state index in [-0.39, 0.29) is 10.8 Å². The summed E-state index contributed by atoms with van der Waals surface area (Å²) in [4.78, 5) is 12.6. The number of ether oxygens (including phenoxy) is 1. The first kappa shape index (κ1) is 23.9. The van der Waals surface area contributed by atoms with Gasteiger partial charge in [-0.05, 0) is 92.6 Å². The number of rotatable bonds is 7. The Labute approximate surface area is 197 Å². The summed E-state index contributed by atoms with van der Waals surface area (Å²) in [5.41, 5.74) is 2.56. The topological polar surface area (TPSA) is 84.5 Å². The smallest absolute Gasteiger partial charge is 0.265 e. The maximum atomic E-state index is 12.5. The highest BCUT2D eigenvalue weighted by Gasteiger charge is 2.18. The Morgan fingerprint density at radius 1 is 0.906 bits per heavy atom. The van der Waals surface area contributed by atoms with Gasteiger partial charge in [-0.2, -0.15) is 0 Å². The van der Waals surface area contributed by atoms with E-state index >= 15 is 0 Å². The van der Waals surface area contributed by atoms with Crippen LogP contribution in [0.5, 0.6) is 5.75 Å². The molecule has 0 aromatic heterocycles. The Balaban J connectivity index is 1.64. The summed E-state index contributed by atoms with van der Waals surface area (Å²) < 4.78 is 33.3. The lowest BCUT2D eigenvalue weighted by molar-refractivity contribution is -0.122. The largest absolute Gasteiger partial charge is 0.481 e. The number of halogens is 2. The van der Waals surface area contributed by atoms with Crippen molar-refractivity contribution in [3.8, 4) is 5.75 Å². The average Bonchev–Trinajstić information content (AvgIpc) is 2.74. The number of carbonyl (C=O) groups is 1. The molecule has 0 aliphatic carbocycles. The summed E-state index contributed by atoms with van der Waals surface area (Å²) in [6, 6.07) is 15.7. The molecule has 168 valence electrons. The van der Waals surface area contributed by atoms with E-state index in [9.17, 15) is 13.2 Å². The van der Waals surface area contributed by atoms with Crippen molar-refractivity contribution < 1.29 is 17.9 Å². The summed E-state index contributed by atoms with van der Waals surface area (Å²) in [5, 5.41) is 3.89. The quantitative estimate of drug-likeness (QED) is 0.435. The van der Waals surface area contributed by atoms with Gasteiger partial charge in [-0.1, -0.05) is 23.2 Å². The van der Waals surface area contributed by atoms with Gasteiger partial charge in [0.05, 0.1) is 4.90 Å². The number of amides is 1. The predicted octanol–water partition coefficient (Wildman–Crippen LogP) is 5.82. The van der Waals surface area contributed by atoms with Crippen molar-refractivity contribution in [1.82, 2.24) is 0 Å². The SMILES string of the molecule is Cc1cc(O[C@H](C)C(=O)Nc2ccc(S(=O)(=O)Nc3ccc(Cl)cc3)cc2)cc(C)c1Cl. The van der Waals surface area contributed by atoms with E-state index in [1.807, 2.05) is 13.8 Å². The molecule has 3 aromatic rings. The summed E-state index contributed by atoms with van der Waals surface area (Å²) >= 11 is 12.0. The second-order valence-corrected chi connectivity index (χ2v) is 9.75. The van der Waals surface area contributed by atoms with Gasteiger partial charge in [0.25, 0.3) is 15.9 Å². The lowest BCUT2D eigenvalue weighted by Crippen LogP contribution is -2.30. The van der Waals surface area contributed by atoms with E-state index in [0.717, 1.165) is 11.1 Å². The molecule has 3 rings (SSSR count). The van der Waals surface area contributed by atoms with Gasteiger partial charge in [-0.3, -0.25) is 9.52 Å². The number of aryl methyl sites for hydroxylation is 2. The van der Waals surface area contributed by atoms with Gasteiger partial charge in [-0.15, -0.1) is 0 Å². The monoisotopic (exact) mass is 492 g/mol. The molecule has 0 bridgehead atoms. The first-order valence-corrected chi connectivity index (χ1v) is 11.9. The molecule has 0 fully saturated rings. The molecular formula is C23H22Cl2N2O4S. The number of anilines is 2. The van der Waals surface area contributed by atoms with Crippen molar-refractivity contribution in [1.29, 1.82) is 0 Å². The number of sulfonamides is 1. The Morgan fingerprint density at radius 2 is 1.44 bits per heavy atom. The molecule has 3 aromatic carbocycles. The molecule has 0 aliphatic rings. The maximum Gasteiger partial charge on any atom is 0.265 e. The number of hydrogen-bond donors (Lipinski definition) is 2. The van der Waals surface area contributed by atoms with E-state index in [1.54, 1.807) is 43.3 Å². The van der Waals surface area contributed by atoms with Crippen molar-refractivity contribution in [3.05, 3.63) is 81.8 Å². The summed E-state index contributed by atoms with van der Waals surface area (Å²) in [7, 11) is -3.78. The van der Waals surface area contributed by atoms with Crippen LogP contribution < -0.4 is 14.8 Å². The van der Waals surface area contributed by atoms with E-state index in [1.165, 1.54) is 24.3 Å². The third kappa shape index (κ3) is 5.94. The van der Waals surface area contributed by atoms with E-state index < -0.39 is 16.1 Å². The predicted molar refractivity (Wildman–Crippen MR) is 128 cm³/mol. The van der Waals surface area contributed by atoms with Crippen molar-refractivity contribution in [2.24, 2.45) is 0 Å². The van der Waals surface area contributed by atoms with E-state index in [2.05, 4.69) is 10.0 Å². The van der Waals surface area contributed by atoms with Crippen molar-refractivity contribution in [3.63, 3.8) is 0 Å². The molecule has 6 nitrogen and oxygen atoms in total. The van der Waals surface area contributed by atoms with Gasteiger partial charge in [-0.25, -0.2) is 8.42 Å². The molecule has 1 amide bonds. The normalized spacial score (nSPS) is 12.2. The molecule has 9 heteroatoms. The van der Waals surface area contributed by atoms with Crippen LogP contribution in [0.4, 0.5) is 11.4 Å². The zero-order chi connectivity index (χ0) is 23.5. The van der Waals surface area contributed by atoms with Crippen LogP contribution in [0.1, 0.15) is 18.1 Å². The fourth-order valence-corrected chi connectivity index (χ4v) is 4.22. The van der Waals surface area contributed by atoms with Crippen LogP contribution in [-0.2, 0) is 14.8 Å². The molecule has 0 heterocycles. The highest BCUT2D eigenvalue weighted by molar-refractivity contribution is 7.92. The molecular weight excluding hydrogens is 471 g/mol. The Kier molecular flexibility index (Phi) is 7.33. The minimum Gasteiger partial charge on any atom is -0.481 e. The first-order chi connectivity index (χ1) is 15.0. The van der Waals surface area contributed by atoms with Crippen LogP contribution in [0.15, 0.2) is 65.6 Å². The fourth-order valence-electron chi connectivity index (χ4n) is 2.93. The number of nitrogens with one attached hydrogen (secondary N) is 2. The Hall–Kier alpha value is -2.74. The lowest BCUT2D eigenvalue weighted by atomic mass is 10.1. The summed E-state index contributed by atoms with van der Waals surface area (Å²) in [6.45, 7) is 5.36. The molecule has 2 N–H and O–H groups in total. The van der Waals surface area contributed by atoms with Crippen LogP contribution in [-0.4, -0.2) is 20.4 Å². The van der Waals surface area contributed by atoms with Crippen molar-refractivity contribution in [2.45, 2.75) is 31.8 Å². The van der Waals surface area contributed by atoms with Crippen LogP contribution in [0.2, 0.25) is 10.0 Å². The molecule has 1 atom stereocenters. The minimum atomic E-state index is -3.78. The standard InChI is InChI=1S/C23H22Cl2N2O4S/c1-14-12-20(13-15(2)22(14)25)31-16(3)23(28)26-18-8-10-21(11-9-18)32(29,30)27-19-6-4-17(24)5-7-19/h4-13,16,27H,1-3H3,(H,26,28)/t16-/m1/s1. The number of hydrogen-bond acceptors (Lipinski definition) is 4. The summed E-state index contributed by atoms with van der Waals surface area (Å²) in [5.74, 6) is 0.173. The van der Waals surface area contributed by atoms with Crippen LogP contribution in [0, 0.1) is 13.8 Å². The van der Waals surface area contributed by atoms with Crippen LogP contribution in [0.25, 0.3) is 0 Å². The first-order valence-electron chi connectivity index (χ1n) is 9.68. The van der Waals surface area contributed by atoms with Gasteiger partial charge in [0, 0.05) is 21.4 Å². The molecule has 0 aliphatic heterocycles. The lowest BCUT2D eigenvalue weighted by Gasteiger charge is -2.16. The van der Waals surface area contributed by atoms with Crippen LogP contribution in [0.3, 0.4) is 0 Å². The van der Waals surface area contributed by atoms with Gasteiger partial charge in [0.2, 0.25) is 0 Å². The van der Waals surface area contributed by atoms with Gasteiger partial charge < -0.3 is 10.1 Å². The third-order valence-electron chi connectivity index (χ3n) is 4.62. The molecule has 0 saturated carbocycles. The second-order valence-electron chi connectivity index (χ2n) is 7.26. The Bertz CT molecular complexity index is 1200. The van der Waals surface area contributed by atoms with Crippen molar-refractivity contribution in [2.75, 3.05) is 10.0 Å². The maximum absolute atomic E-state index is 12.5. The van der Waals surface area contributed by atoms with Crippen molar-refractivity contribution >= 4 is 50.5 Å². The highest BCUT2D eigenvalue weighted by atomic mass is 35.5. The Morgan fingerprint density at radius 3 is 2.00 bits per heavy atom. The molecule has 32 heavy (non-hydrogen) atoms. The van der Waals surface area contributed by atoms with E-state index in [0.29, 0.717) is 27.2 Å². The fraction of sp³-hybridized carbons (Fsp3) is 0.174. The minimum absolute atomic E-state index is 0.0573. The van der Waals surface area contributed by atoms with E-state index in [4.69, 9.17) is 27.9 Å². The number of benzene rings is 3. The third-order valence-corrected chi connectivity index (χ3v) is 6.87. The highest BCUT2D eigenvalue weighted by Crippen LogP contribution is 2.27. The number of carbonyl (C=O) groups excluding carboxylic acids is 1. The summed E-state index contributed by atoms with van der Waals surface area (Å²) in [6.07, 6.45) is -0.773.